The Labute approximate surface area is 394 Å². The van der Waals surface area contributed by atoms with Crippen molar-refractivity contribution in [1.29, 1.82) is 0 Å². The van der Waals surface area contributed by atoms with Gasteiger partial charge in [0.2, 0.25) is 0 Å². The van der Waals surface area contributed by atoms with E-state index in [0.29, 0.717) is 79.7 Å². The van der Waals surface area contributed by atoms with Crippen molar-refractivity contribution in [3.05, 3.63) is 13.2 Å². The van der Waals surface area contributed by atoms with Gasteiger partial charge in [0.1, 0.15) is 6.73 Å². The zero-order valence-corrected chi connectivity index (χ0v) is 31.1. The third-order valence-corrected chi connectivity index (χ3v) is 5.56. The third-order valence-electron chi connectivity index (χ3n) is 5.56. The first-order valence-electron chi connectivity index (χ1n) is 16.0. The first-order valence-corrected chi connectivity index (χ1v) is 16.0. The van der Waals surface area contributed by atoms with Crippen LogP contribution in [-0.2, 0) is 38.2 Å². The lowest BCUT2D eigenvalue weighted by molar-refractivity contribution is -0.324. The van der Waals surface area contributed by atoms with Gasteiger partial charge in [0.25, 0.3) is 0 Å². The summed E-state index contributed by atoms with van der Waals surface area (Å²) in [4.78, 5) is 11.1. The fraction of sp³-hybridized carbons (Fsp3) is 0.959. The summed E-state index contributed by atoms with van der Waals surface area (Å²) in [7, 11) is 0. The van der Waals surface area contributed by atoms with Crippen LogP contribution in [0.25, 0.3) is 0 Å². The molecule has 0 saturated heterocycles. The smallest absolute Gasteiger partial charge is 0.133 e. The van der Waals surface area contributed by atoms with Gasteiger partial charge in [-0.25, -0.2) is 9.78 Å². The minimum Gasteiger partial charge on any atom is -0.378 e. The molecular formula is C49H136N4O8. The van der Waals surface area contributed by atoms with E-state index in [4.69, 9.17) is 38.2 Å². The fourth-order valence-electron chi connectivity index (χ4n) is 2.94. The van der Waals surface area contributed by atoms with Crippen molar-refractivity contribution in [2.45, 2.75) is 224 Å². The van der Waals surface area contributed by atoms with Gasteiger partial charge in [-0.1, -0.05) is 119 Å². The molecule has 400 valence electrons. The largest absolute Gasteiger partial charge is 0.378 e. The Morgan fingerprint density at radius 1 is 0.279 bits per heavy atom. The second kappa shape index (κ2) is 65.9. The van der Waals surface area contributed by atoms with E-state index in [1.54, 1.807) is 0 Å². The Morgan fingerprint density at radius 2 is 0.475 bits per heavy atom. The lowest BCUT2D eigenvalue weighted by Gasteiger charge is -2.32. The highest BCUT2D eigenvalue weighted by atomic mass is 17.2. The number of hydrogen-bond acceptors (Lipinski definition) is 12. The lowest BCUT2D eigenvalue weighted by Crippen LogP contribution is -2.43. The summed E-state index contributed by atoms with van der Waals surface area (Å²) in [6.45, 7) is 36.5. The van der Waals surface area contributed by atoms with Crippen LogP contribution in [0, 0.1) is 5.41 Å². The van der Waals surface area contributed by atoms with Gasteiger partial charge < -0.3 is 28.4 Å². The molecule has 0 aliphatic rings. The highest BCUT2D eigenvalue weighted by Crippen LogP contribution is 2.21. The van der Waals surface area contributed by atoms with Gasteiger partial charge in [-0.15, -0.1) is 13.2 Å². The fourth-order valence-corrected chi connectivity index (χ4v) is 2.94. The summed E-state index contributed by atoms with van der Waals surface area (Å²) in [5.41, 5.74) is -0.755. The van der Waals surface area contributed by atoms with Crippen molar-refractivity contribution in [3.8, 4) is 0 Å². The summed E-state index contributed by atoms with van der Waals surface area (Å²) in [6, 6.07) is 0. The Kier molecular flexibility index (Phi) is 128. The average molecular weight is 910 g/mol. The third kappa shape index (κ3) is 94.8. The van der Waals surface area contributed by atoms with Crippen LogP contribution < -0.4 is 21.3 Å². The summed E-state index contributed by atoms with van der Waals surface area (Å²) in [5.74, 6) is 0. The van der Waals surface area contributed by atoms with Gasteiger partial charge in [-0.2, -0.15) is 0 Å². The van der Waals surface area contributed by atoms with Crippen molar-refractivity contribution in [1.82, 2.24) is 21.3 Å². The Balaban J connectivity index is -0.0000000632. The summed E-state index contributed by atoms with van der Waals surface area (Å²) in [5, 5.41) is 13.1. The second-order valence-electron chi connectivity index (χ2n) is 15.0. The zero-order valence-electron chi connectivity index (χ0n) is 31.1. The van der Waals surface area contributed by atoms with Crippen molar-refractivity contribution in [3.63, 3.8) is 0 Å². The molecule has 0 radical (unpaired) electrons. The summed E-state index contributed by atoms with van der Waals surface area (Å²) < 4.78 is 35.2. The number of rotatable bonds is 26. The van der Waals surface area contributed by atoms with E-state index in [2.05, 4.69) is 118 Å². The van der Waals surface area contributed by atoms with Crippen LogP contribution in [0.4, 0.5) is 0 Å². The molecule has 0 fully saturated rings. The maximum absolute atomic E-state index is 6.06. The van der Waals surface area contributed by atoms with E-state index in [-0.39, 0.29) is 154 Å². The average Bonchev–Trinajstić information content (AvgIpc) is 2.90. The lowest BCUT2D eigenvalue weighted by atomic mass is 9.92. The van der Waals surface area contributed by atoms with Gasteiger partial charge in [-0.3, -0.25) is 21.3 Å². The molecule has 0 aromatic carbocycles. The molecule has 0 saturated carbocycles. The Bertz CT molecular complexity index is 610. The van der Waals surface area contributed by atoms with Gasteiger partial charge in [0.15, 0.2) is 0 Å². The van der Waals surface area contributed by atoms with Crippen LogP contribution in [0.2, 0.25) is 0 Å². The van der Waals surface area contributed by atoms with E-state index in [9.17, 15) is 0 Å². The minimum absolute atomic E-state index is 0. The van der Waals surface area contributed by atoms with Crippen molar-refractivity contribution in [2.24, 2.45) is 5.41 Å². The molecule has 4 N–H and O–H groups in total. The van der Waals surface area contributed by atoms with E-state index < -0.39 is 5.41 Å². The maximum atomic E-state index is 6.06. The molecule has 0 amide bonds. The van der Waals surface area contributed by atoms with E-state index in [1.165, 1.54) is 0 Å². The summed E-state index contributed by atoms with van der Waals surface area (Å²) >= 11 is 0. The van der Waals surface area contributed by atoms with Gasteiger partial charge >= 0.3 is 0 Å². The maximum Gasteiger partial charge on any atom is 0.133 e. The van der Waals surface area contributed by atoms with Crippen LogP contribution in [0.15, 0.2) is 13.2 Å². The highest BCUT2D eigenvalue weighted by molar-refractivity contribution is 4.79. The molecule has 0 aliphatic carbocycles. The van der Waals surface area contributed by atoms with E-state index in [1.807, 2.05) is 0 Å². The second-order valence-corrected chi connectivity index (χ2v) is 15.0. The van der Waals surface area contributed by atoms with Gasteiger partial charge in [0, 0.05) is 22.2 Å². The standard InChI is InChI=1S/C31H68N4O8.C2H4.16CH4/c1-27(2,3)32-23-39-16-13-36-19-31(22-42-43-26-35-30(10,11)12,20-37-14-17-40-24-33-28(4,5)6)21-38-15-18-41-25-34-29(7,8)9;1-2;;;;;;;;;;;;;;;;/h32-35H,13-26H2,1-12H3;1-2H2;16*1H4. The molecule has 12 nitrogen and oxygen atoms in total. The van der Waals surface area contributed by atoms with Gasteiger partial charge in [0.05, 0.1) is 91.7 Å². The highest BCUT2D eigenvalue weighted by Gasteiger charge is 2.33. The molecule has 0 aromatic rings. The molecule has 0 heterocycles. The van der Waals surface area contributed by atoms with Crippen LogP contribution in [-0.4, -0.2) is 115 Å². The van der Waals surface area contributed by atoms with Crippen molar-refractivity contribution in [2.75, 3.05) is 93.0 Å². The zero-order chi connectivity index (χ0) is 34.9. The molecule has 0 unspecified atom stereocenters. The molecule has 0 rings (SSSR count). The van der Waals surface area contributed by atoms with Crippen LogP contribution >= 0.6 is 0 Å². The number of hydrogen-bond donors (Lipinski definition) is 4. The van der Waals surface area contributed by atoms with Crippen LogP contribution in [0.5, 0.6) is 0 Å². The molecule has 0 aromatic heterocycles. The minimum atomic E-state index is -0.626. The molecular weight excluding hydrogens is 773 g/mol. The summed E-state index contributed by atoms with van der Waals surface area (Å²) in [6.07, 6.45) is 0. The molecule has 0 atom stereocenters. The van der Waals surface area contributed by atoms with E-state index in [0.717, 1.165) is 0 Å². The first-order chi connectivity index (χ1) is 20.8. The molecule has 61 heavy (non-hydrogen) atoms. The molecule has 0 bridgehead atoms. The van der Waals surface area contributed by atoms with Gasteiger partial charge in [-0.05, 0) is 83.1 Å². The molecule has 12 heteroatoms. The number of ether oxygens (including phenoxy) is 6. The van der Waals surface area contributed by atoms with Crippen LogP contribution in [0.3, 0.4) is 0 Å². The van der Waals surface area contributed by atoms with Crippen molar-refractivity contribution >= 4 is 0 Å². The molecule has 0 spiro atoms. The van der Waals surface area contributed by atoms with E-state index >= 15 is 0 Å². The quantitative estimate of drug-likeness (QED) is 0.0217. The monoisotopic (exact) mass is 909 g/mol. The predicted octanol–water partition coefficient (Wildman–Crippen LogP) is 14.4. The van der Waals surface area contributed by atoms with Crippen LogP contribution in [0.1, 0.15) is 202 Å². The normalized spacial score (nSPS) is 9.70. The Hall–Kier alpha value is -0.740. The van der Waals surface area contributed by atoms with Crippen molar-refractivity contribution < 1.29 is 38.2 Å². The SMILES string of the molecule is C.C.C.C.C.C.C.C.C.C.C.C.C.C.C.C.C=C.CC(C)(C)NCOCCOCC(COCCOCNC(C)(C)C)(COCCOCNC(C)(C)C)COOCNC(C)(C)C. The number of nitrogens with one attached hydrogen (secondary N) is 4. The Morgan fingerprint density at radius 3 is 0.689 bits per heavy atom. The molecule has 0 aliphatic heterocycles. The predicted molar refractivity (Wildman–Crippen MR) is 290 cm³/mol. The topological polar surface area (TPSA) is 122 Å². The first kappa shape index (κ1) is 118.